The van der Waals surface area contributed by atoms with Crippen molar-refractivity contribution >= 4 is 0 Å². The zero-order chi connectivity index (χ0) is 6.95. The Morgan fingerprint density at radius 3 is 2.00 bits per heavy atom. The summed E-state index contributed by atoms with van der Waals surface area (Å²) in [5, 5.41) is 0. The van der Waals surface area contributed by atoms with Crippen molar-refractivity contribution in [3.63, 3.8) is 0 Å². The first-order valence-corrected chi connectivity index (χ1v) is 3.63. The predicted molar refractivity (Wildman–Crippen MR) is 42.2 cm³/mol. The second-order valence-electron chi connectivity index (χ2n) is 2.00. The fourth-order valence-corrected chi connectivity index (χ4v) is 0.340. The van der Waals surface area contributed by atoms with Gasteiger partial charge in [0.25, 0.3) is 0 Å². The summed E-state index contributed by atoms with van der Waals surface area (Å²) in [6, 6.07) is 0. The van der Waals surface area contributed by atoms with E-state index in [1.807, 2.05) is 12.2 Å². The first-order valence-electron chi connectivity index (χ1n) is 3.63. The number of unbranched alkanes of at least 4 members (excludes halogenated alkanes) is 1. The van der Waals surface area contributed by atoms with Crippen molar-refractivity contribution < 1.29 is 26.2 Å². The molecule has 0 atom stereocenters. The average molecular weight is 214 g/mol. The molecule has 10 heavy (non-hydrogen) atoms. The van der Waals surface area contributed by atoms with E-state index in [0.717, 1.165) is 6.42 Å². The van der Waals surface area contributed by atoms with Crippen LogP contribution in [0.4, 0.5) is 0 Å². The molecule has 0 aromatic heterocycles. The van der Waals surface area contributed by atoms with Crippen LogP contribution in [0, 0.1) is 6.08 Å². The minimum atomic E-state index is 0. The molecule has 0 heterocycles. The molecule has 0 fully saturated rings. The van der Waals surface area contributed by atoms with Crippen LogP contribution in [0.1, 0.15) is 33.1 Å². The predicted octanol–water partition coefficient (Wildman–Crippen LogP) is 3.11. The van der Waals surface area contributed by atoms with E-state index >= 15 is 0 Å². The summed E-state index contributed by atoms with van der Waals surface area (Å²) in [5.41, 5.74) is 0. The molecule has 0 saturated heterocycles. The summed E-state index contributed by atoms with van der Waals surface area (Å²) < 4.78 is 0. The number of rotatable bonds is 1. The van der Waals surface area contributed by atoms with Gasteiger partial charge in [0.1, 0.15) is 0 Å². The van der Waals surface area contributed by atoms with Gasteiger partial charge in [0, 0.05) is 26.2 Å². The largest absolute Gasteiger partial charge is 0.273 e. The summed E-state index contributed by atoms with van der Waals surface area (Å²) in [7, 11) is 0. The van der Waals surface area contributed by atoms with E-state index in [0.29, 0.717) is 0 Å². The van der Waals surface area contributed by atoms with Gasteiger partial charge < -0.3 is 0 Å². The number of allylic oxidation sites excluding steroid dienone is 4. The Labute approximate surface area is 83.5 Å². The Hall–Kier alpha value is 0.363. The molecule has 0 unspecified atom stereocenters. The van der Waals surface area contributed by atoms with Gasteiger partial charge in [-0.3, -0.25) is 6.08 Å². The maximum atomic E-state index is 2.99. The number of hydrogen-bond donors (Lipinski definition) is 0. The molecule has 0 N–H and O–H groups in total. The van der Waals surface area contributed by atoms with Crippen molar-refractivity contribution in [1.82, 2.24) is 0 Å². The Balaban J connectivity index is 0. The summed E-state index contributed by atoms with van der Waals surface area (Å²) >= 11 is 0. The van der Waals surface area contributed by atoms with Crippen LogP contribution in [0.2, 0.25) is 0 Å². The van der Waals surface area contributed by atoms with Crippen LogP contribution in [0.15, 0.2) is 18.2 Å². The molecule has 0 nitrogen and oxygen atoms in total. The van der Waals surface area contributed by atoms with Gasteiger partial charge in [-0.25, -0.2) is 12.2 Å². The van der Waals surface area contributed by atoms with Crippen LogP contribution in [0.25, 0.3) is 0 Å². The summed E-state index contributed by atoms with van der Waals surface area (Å²) in [6.07, 6.45) is 12.6. The second kappa shape index (κ2) is 12.1. The van der Waals surface area contributed by atoms with Crippen LogP contribution in [0.5, 0.6) is 0 Å². The van der Waals surface area contributed by atoms with Crippen LogP contribution >= 0.6 is 0 Å². The number of hydrogen-bond acceptors (Lipinski definition) is 0. The van der Waals surface area contributed by atoms with Crippen LogP contribution in [-0.2, 0) is 26.2 Å². The van der Waals surface area contributed by atoms with Gasteiger partial charge in [0.15, 0.2) is 0 Å². The van der Waals surface area contributed by atoms with Crippen molar-refractivity contribution in [1.29, 1.82) is 0 Å². The van der Waals surface area contributed by atoms with E-state index < -0.39 is 0 Å². The molecule has 1 aliphatic rings. The Bertz CT molecular complexity index is 80.9. The van der Waals surface area contributed by atoms with Crippen molar-refractivity contribution in [2.45, 2.75) is 33.1 Å². The first-order chi connectivity index (χ1) is 4.41. The third-order valence-corrected chi connectivity index (χ3v) is 1.09. The minimum Gasteiger partial charge on any atom is -0.273 e. The molecule has 1 aliphatic carbocycles. The van der Waals surface area contributed by atoms with Gasteiger partial charge in [0.05, 0.1) is 0 Å². The van der Waals surface area contributed by atoms with Gasteiger partial charge in [0.2, 0.25) is 0 Å². The Kier molecular flexibility index (Phi) is 15.7. The van der Waals surface area contributed by atoms with Crippen molar-refractivity contribution in [3.8, 4) is 0 Å². The molecule has 0 bridgehead atoms. The fraction of sp³-hybridized carbons (Fsp3) is 0.556. The van der Waals surface area contributed by atoms with Gasteiger partial charge >= 0.3 is 0 Å². The molecular formula is C9H15Zr-. The van der Waals surface area contributed by atoms with Crippen molar-refractivity contribution in [3.05, 3.63) is 24.3 Å². The van der Waals surface area contributed by atoms with Crippen molar-refractivity contribution in [2.24, 2.45) is 0 Å². The molecule has 0 saturated carbocycles. The molecule has 1 heteroatoms. The molecular weight excluding hydrogens is 199 g/mol. The van der Waals surface area contributed by atoms with E-state index in [9.17, 15) is 0 Å². The topological polar surface area (TPSA) is 0 Å². The average Bonchev–Trinajstić information content (AvgIpc) is 2.43. The third-order valence-electron chi connectivity index (χ3n) is 1.09. The molecule has 0 amide bonds. The maximum Gasteiger partial charge on any atom is 0 e. The maximum absolute atomic E-state index is 2.99. The summed E-state index contributed by atoms with van der Waals surface area (Å²) in [5.74, 6) is 0. The van der Waals surface area contributed by atoms with Crippen molar-refractivity contribution in [2.75, 3.05) is 0 Å². The first kappa shape index (κ1) is 13.0. The van der Waals surface area contributed by atoms with Gasteiger partial charge in [-0.1, -0.05) is 26.7 Å². The van der Waals surface area contributed by atoms with Gasteiger partial charge in [-0.05, 0) is 0 Å². The normalized spacial score (nSPS) is 11.8. The van der Waals surface area contributed by atoms with Crippen LogP contribution < -0.4 is 0 Å². The zero-order valence-corrected chi connectivity index (χ0v) is 9.31. The molecule has 0 spiro atoms. The van der Waals surface area contributed by atoms with E-state index in [-0.39, 0.29) is 26.2 Å². The van der Waals surface area contributed by atoms with E-state index in [4.69, 9.17) is 0 Å². The van der Waals surface area contributed by atoms with E-state index in [1.54, 1.807) is 0 Å². The SMILES string of the molecule is CCCC.[C-]1=CC=CC1.[Zr]. The van der Waals surface area contributed by atoms with Gasteiger partial charge in [-0.2, -0.15) is 6.08 Å². The van der Waals surface area contributed by atoms with Crippen LogP contribution in [-0.4, -0.2) is 0 Å². The molecule has 0 radical (unpaired) electrons. The third kappa shape index (κ3) is 11.2. The van der Waals surface area contributed by atoms with Crippen LogP contribution in [0.3, 0.4) is 0 Å². The monoisotopic (exact) mass is 213 g/mol. The zero-order valence-electron chi connectivity index (χ0n) is 6.85. The minimum absolute atomic E-state index is 0. The summed E-state index contributed by atoms with van der Waals surface area (Å²) in [6.45, 7) is 4.36. The Morgan fingerprint density at radius 2 is 1.90 bits per heavy atom. The quantitative estimate of drug-likeness (QED) is 0.588. The fourth-order valence-electron chi connectivity index (χ4n) is 0.340. The van der Waals surface area contributed by atoms with E-state index in [1.165, 1.54) is 12.8 Å². The standard InChI is InChI=1S/C5H5.C4H10.Zr/c1-2-4-5-3-1;1-3-4-2;/h1-3H,4H2;3-4H2,1-2H3;/q-1;;. The van der Waals surface area contributed by atoms with Gasteiger partial charge in [-0.15, -0.1) is 6.42 Å². The second-order valence-corrected chi connectivity index (χ2v) is 2.00. The molecule has 1 rings (SSSR count). The Morgan fingerprint density at radius 1 is 1.30 bits per heavy atom. The molecule has 0 aromatic carbocycles. The molecule has 56 valence electrons. The summed E-state index contributed by atoms with van der Waals surface area (Å²) in [4.78, 5) is 0. The smallest absolute Gasteiger partial charge is 0 e. The molecule has 0 aromatic rings. The van der Waals surface area contributed by atoms with E-state index in [2.05, 4.69) is 26.0 Å². The molecule has 0 aliphatic heterocycles.